The number of fused-ring (bicyclic) bond motifs is 2. The van der Waals surface area contributed by atoms with E-state index in [-0.39, 0.29) is 27.7 Å². The first-order valence-electron chi connectivity index (χ1n) is 10.3. The molecule has 2 aromatic heterocycles. The molecular weight excluding hydrogens is 454 g/mol. The summed E-state index contributed by atoms with van der Waals surface area (Å²) in [6.07, 6.45) is 2.86. The fourth-order valence-corrected chi connectivity index (χ4v) is 5.67. The molecule has 0 amide bonds. The maximum Gasteiger partial charge on any atom is 0.355 e. The van der Waals surface area contributed by atoms with Crippen molar-refractivity contribution in [1.29, 1.82) is 0 Å². The van der Waals surface area contributed by atoms with E-state index in [0.29, 0.717) is 10.9 Å². The van der Waals surface area contributed by atoms with Crippen LogP contribution in [0.1, 0.15) is 26.4 Å². The SMILES string of the molecule is COC(=O)c1c(/C=C2\C(=O)c3cccnc3N2S(=O)(=O)c2ccccc2)c2ccccc2n1C. The number of anilines is 1. The van der Waals surface area contributed by atoms with Crippen LogP contribution in [0, 0.1) is 0 Å². The number of carbonyl (C=O) groups excluding carboxylic acids is 2. The van der Waals surface area contributed by atoms with Gasteiger partial charge in [0.05, 0.1) is 17.6 Å². The first kappa shape index (κ1) is 21.6. The van der Waals surface area contributed by atoms with Gasteiger partial charge in [0.25, 0.3) is 10.0 Å². The molecule has 0 bridgehead atoms. The largest absolute Gasteiger partial charge is 0.464 e. The summed E-state index contributed by atoms with van der Waals surface area (Å²) < 4.78 is 35.0. The molecule has 0 spiro atoms. The summed E-state index contributed by atoms with van der Waals surface area (Å²) in [6.45, 7) is 0. The third-order valence-corrected chi connectivity index (χ3v) is 7.48. The molecule has 0 N–H and O–H groups in total. The molecule has 0 aliphatic carbocycles. The molecule has 8 nitrogen and oxygen atoms in total. The number of para-hydroxylation sites is 1. The van der Waals surface area contributed by atoms with Crippen molar-refractivity contribution in [2.75, 3.05) is 11.4 Å². The van der Waals surface area contributed by atoms with Gasteiger partial charge in [0.15, 0.2) is 5.82 Å². The van der Waals surface area contributed by atoms with Crippen molar-refractivity contribution in [3.63, 3.8) is 0 Å². The molecular formula is C25H19N3O5S. The van der Waals surface area contributed by atoms with Gasteiger partial charge < -0.3 is 9.30 Å². The minimum atomic E-state index is -4.18. The molecule has 0 atom stereocenters. The van der Waals surface area contributed by atoms with Crippen molar-refractivity contribution in [3.05, 3.63) is 95.4 Å². The zero-order valence-corrected chi connectivity index (χ0v) is 19.1. The maximum absolute atomic E-state index is 13.7. The Morgan fingerprint density at radius 1 is 1.00 bits per heavy atom. The highest BCUT2D eigenvalue weighted by Crippen LogP contribution is 2.39. The average molecular weight is 474 g/mol. The smallest absolute Gasteiger partial charge is 0.355 e. The van der Waals surface area contributed by atoms with E-state index in [1.54, 1.807) is 48.0 Å². The fraction of sp³-hybridized carbons (Fsp3) is 0.0800. The van der Waals surface area contributed by atoms with Crippen LogP contribution in [0.2, 0.25) is 0 Å². The predicted octanol–water partition coefficient (Wildman–Crippen LogP) is 3.79. The highest BCUT2D eigenvalue weighted by molar-refractivity contribution is 7.93. The Morgan fingerprint density at radius 3 is 2.44 bits per heavy atom. The van der Waals surface area contributed by atoms with E-state index in [2.05, 4.69) is 4.98 Å². The highest BCUT2D eigenvalue weighted by atomic mass is 32.2. The molecule has 2 aromatic carbocycles. The number of sulfonamides is 1. The number of hydrogen-bond donors (Lipinski definition) is 0. The second kappa shape index (κ2) is 7.96. The quantitative estimate of drug-likeness (QED) is 0.330. The summed E-state index contributed by atoms with van der Waals surface area (Å²) in [6, 6.07) is 18.2. The number of aromatic nitrogens is 2. The predicted molar refractivity (Wildman–Crippen MR) is 127 cm³/mol. The number of esters is 1. The van der Waals surface area contributed by atoms with E-state index in [0.717, 1.165) is 9.82 Å². The van der Waals surface area contributed by atoms with Crippen LogP contribution >= 0.6 is 0 Å². The normalized spacial score (nSPS) is 14.6. The standard InChI is InChI=1S/C25H19N3O5S/c1-27-20-13-7-6-11-17(20)19(22(27)25(30)33-2)15-21-23(29)18-12-8-14-26-24(18)28(21)34(31,32)16-9-4-3-5-10-16/h3-15H,1-2H3/b21-15+. The topological polar surface area (TPSA) is 98.6 Å². The number of allylic oxidation sites excluding steroid dienone is 1. The van der Waals surface area contributed by atoms with Crippen LogP contribution in [0.4, 0.5) is 5.82 Å². The fourth-order valence-electron chi connectivity index (χ4n) is 4.19. The molecule has 3 heterocycles. The van der Waals surface area contributed by atoms with E-state index in [1.165, 1.54) is 37.6 Å². The number of aryl methyl sites for hydroxylation is 1. The van der Waals surface area contributed by atoms with E-state index in [1.807, 2.05) is 12.1 Å². The summed E-state index contributed by atoms with van der Waals surface area (Å²) in [7, 11) is -1.20. The summed E-state index contributed by atoms with van der Waals surface area (Å²) in [5.74, 6) is -1.10. The van der Waals surface area contributed by atoms with Crippen molar-refractivity contribution >= 4 is 44.6 Å². The number of Topliss-reactive ketones (excluding diaryl/α,β-unsaturated/α-hetero) is 1. The monoisotopic (exact) mass is 473 g/mol. The van der Waals surface area contributed by atoms with Crippen LogP contribution in [-0.2, 0) is 21.8 Å². The van der Waals surface area contributed by atoms with Crippen molar-refractivity contribution in [2.24, 2.45) is 7.05 Å². The first-order chi connectivity index (χ1) is 16.4. The zero-order chi connectivity index (χ0) is 24.0. The van der Waals surface area contributed by atoms with Crippen LogP contribution in [0.3, 0.4) is 0 Å². The minimum absolute atomic E-state index is 0.0123. The van der Waals surface area contributed by atoms with Crippen molar-refractivity contribution in [3.8, 4) is 0 Å². The lowest BCUT2D eigenvalue weighted by molar-refractivity contribution is 0.0590. The van der Waals surface area contributed by atoms with Crippen molar-refractivity contribution in [1.82, 2.24) is 9.55 Å². The second-order valence-corrected chi connectivity index (χ2v) is 9.43. The Kier molecular flexibility index (Phi) is 5.06. The lowest BCUT2D eigenvalue weighted by atomic mass is 10.1. The minimum Gasteiger partial charge on any atom is -0.464 e. The van der Waals surface area contributed by atoms with Crippen LogP contribution in [0.5, 0.6) is 0 Å². The number of carbonyl (C=O) groups is 2. The summed E-state index contributed by atoms with van der Waals surface area (Å²) >= 11 is 0. The molecule has 34 heavy (non-hydrogen) atoms. The number of ether oxygens (including phenoxy) is 1. The van der Waals surface area contributed by atoms with Gasteiger partial charge >= 0.3 is 5.97 Å². The van der Waals surface area contributed by atoms with Crippen LogP contribution in [0.25, 0.3) is 17.0 Å². The Bertz CT molecular complexity index is 1600. The second-order valence-electron chi connectivity index (χ2n) is 7.65. The van der Waals surface area contributed by atoms with Gasteiger partial charge in [-0.3, -0.25) is 4.79 Å². The number of methoxy groups -OCH3 is 1. The maximum atomic E-state index is 13.7. The Hall–Kier alpha value is -4.24. The molecule has 4 aromatic rings. The molecule has 0 saturated carbocycles. The Balaban J connectivity index is 1.82. The Morgan fingerprint density at radius 2 is 1.71 bits per heavy atom. The molecule has 5 rings (SSSR count). The van der Waals surface area contributed by atoms with E-state index >= 15 is 0 Å². The van der Waals surface area contributed by atoms with Crippen LogP contribution < -0.4 is 4.31 Å². The average Bonchev–Trinajstić information content (AvgIpc) is 3.31. The van der Waals surface area contributed by atoms with E-state index in [4.69, 9.17) is 4.74 Å². The van der Waals surface area contributed by atoms with Gasteiger partial charge in [0.2, 0.25) is 5.78 Å². The molecule has 0 saturated heterocycles. The van der Waals surface area contributed by atoms with Gasteiger partial charge in [-0.2, -0.15) is 0 Å². The van der Waals surface area contributed by atoms with Crippen molar-refractivity contribution < 1.29 is 22.7 Å². The summed E-state index contributed by atoms with van der Waals surface area (Å²) in [5.41, 5.74) is 1.35. The van der Waals surface area contributed by atoms with Gasteiger partial charge in [-0.25, -0.2) is 22.5 Å². The molecule has 0 unspecified atom stereocenters. The number of rotatable bonds is 4. The lowest BCUT2D eigenvalue weighted by Crippen LogP contribution is -2.29. The molecule has 1 aliphatic rings. The van der Waals surface area contributed by atoms with E-state index in [9.17, 15) is 18.0 Å². The first-order valence-corrected chi connectivity index (χ1v) is 11.8. The van der Waals surface area contributed by atoms with Gasteiger partial charge in [0, 0.05) is 29.7 Å². The number of pyridine rings is 1. The summed E-state index contributed by atoms with van der Waals surface area (Å²) in [4.78, 5) is 30.4. The van der Waals surface area contributed by atoms with Gasteiger partial charge in [-0.05, 0) is 36.4 Å². The van der Waals surface area contributed by atoms with Crippen molar-refractivity contribution in [2.45, 2.75) is 4.90 Å². The number of ketones is 1. The zero-order valence-electron chi connectivity index (χ0n) is 18.3. The van der Waals surface area contributed by atoms with Gasteiger partial charge in [-0.1, -0.05) is 36.4 Å². The van der Waals surface area contributed by atoms with Crippen LogP contribution in [-0.4, -0.2) is 36.8 Å². The summed E-state index contributed by atoms with van der Waals surface area (Å²) in [5, 5.41) is 0.673. The molecule has 1 aliphatic heterocycles. The Labute approximate surface area is 195 Å². The molecule has 170 valence electrons. The van der Waals surface area contributed by atoms with Crippen LogP contribution in [0.15, 0.2) is 83.5 Å². The van der Waals surface area contributed by atoms with E-state index < -0.39 is 21.8 Å². The van der Waals surface area contributed by atoms with Gasteiger partial charge in [0.1, 0.15) is 11.4 Å². The lowest BCUT2D eigenvalue weighted by Gasteiger charge is -2.19. The third-order valence-electron chi connectivity index (χ3n) is 5.76. The molecule has 9 heteroatoms. The van der Waals surface area contributed by atoms with Gasteiger partial charge in [-0.15, -0.1) is 0 Å². The highest BCUT2D eigenvalue weighted by Gasteiger charge is 2.42. The third kappa shape index (κ3) is 3.12. The number of nitrogens with zero attached hydrogens (tertiary/aromatic N) is 3. The molecule has 0 fully saturated rings. The number of hydrogen-bond acceptors (Lipinski definition) is 6. The molecule has 0 radical (unpaired) electrons. The number of benzene rings is 2.